The fraction of sp³-hybridized carbons (Fsp3) is 1.00. The Labute approximate surface area is 109 Å². The lowest BCUT2D eigenvalue weighted by Crippen LogP contribution is -2.38. The molecule has 0 fully saturated rings. The topological polar surface area (TPSA) is 9.23 Å². The van der Waals surface area contributed by atoms with Crippen LogP contribution in [0.4, 0.5) is 0 Å². The van der Waals surface area contributed by atoms with Gasteiger partial charge in [0, 0.05) is 0 Å². The molecule has 98 valence electrons. The van der Waals surface area contributed by atoms with Crippen LogP contribution in [0.3, 0.4) is 0 Å². The van der Waals surface area contributed by atoms with Gasteiger partial charge in [-0.15, -0.1) is 0 Å². The molecule has 0 saturated heterocycles. The zero-order valence-corrected chi connectivity index (χ0v) is 15.4. The molecule has 0 heterocycles. The Morgan fingerprint density at radius 3 is 1.81 bits per heavy atom. The first-order valence-electron chi connectivity index (χ1n) is 6.16. The van der Waals surface area contributed by atoms with Gasteiger partial charge in [-0.05, 0) is 31.5 Å². The minimum atomic E-state index is -1.50. The van der Waals surface area contributed by atoms with Gasteiger partial charge >= 0.3 is 0 Å². The van der Waals surface area contributed by atoms with Crippen molar-refractivity contribution in [2.45, 2.75) is 71.9 Å². The van der Waals surface area contributed by atoms with E-state index in [0.29, 0.717) is 10.9 Å². The van der Waals surface area contributed by atoms with Crippen LogP contribution in [0.15, 0.2) is 0 Å². The normalized spacial score (nSPS) is 16.3. The fourth-order valence-corrected chi connectivity index (χ4v) is 11.2. The Kier molecular flexibility index (Phi) is 5.85. The van der Waals surface area contributed by atoms with E-state index in [1.165, 1.54) is 6.04 Å². The first-order valence-corrected chi connectivity index (χ1v) is 14.4. The molecule has 0 N–H and O–H groups in total. The average Bonchev–Trinajstić information content (AvgIpc) is 1.70. The summed E-state index contributed by atoms with van der Waals surface area (Å²) in [6.07, 6.45) is 0. The Hall–Kier alpha value is 0.744. The Morgan fingerprint density at radius 1 is 1.06 bits per heavy atom. The summed E-state index contributed by atoms with van der Waals surface area (Å²) in [5.74, 6) is 0. The van der Waals surface area contributed by atoms with Crippen LogP contribution in [0, 0.1) is 5.41 Å². The van der Waals surface area contributed by atoms with Crippen LogP contribution in [-0.4, -0.2) is 21.0 Å². The number of hydrogen-bond donors (Lipinski definition) is 0. The van der Waals surface area contributed by atoms with E-state index < -0.39 is 15.5 Å². The summed E-state index contributed by atoms with van der Waals surface area (Å²) in [6, 6.07) is 1.23. The second kappa shape index (κ2) is 5.59. The van der Waals surface area contributed by atoms with Gasteiger partial charge in [0.15, 0.2) is 8.32 Å². The van der Waals surface area contributed by atoms with Crippen molar-refractivity contribution in [3.05, 3.63) is 0 Å². The van der Waals surface area contributed by atoms with Gasteiger partial charge in [-0.2, -0.15) is 11.2 Å². The van der Waals surface area contributed by atoms with Crippen LogP contribution >= 0.6 is 11.2 Å². The molecule has 1 atom stereocenters. The van der Waals surface area contributed by atoms with Gasteiger partial charge < -0.3 is 4.43 Å². The van der Waals surface area contributed by atoms with Crippen molar-refractivity contribution in [3.63, 3.8) is 0 Å². The van der Waals surface area contributed by atoms with Gasteiger partial charge in [-0.25, -0.2) is 0 Å². The summed E-state index contributed by atoms with van der Waals surface area (Å²) >= 11 is 2.06. The second-order valence-corrected chi connectivity index (χ2v) is 21.0. The Bertz CT molecular complexity index is 216. The van der Waals surface area contributed by atoms with Crippen LogP contribution in [-0.2, 0) is 4.43 Å². The molecule has 4 heteroatoms. The predicted molar refractivity (Wildman–Crippen MR) is 83.2 cm³/mol. The highest BCUT2D eigenvalue weighted by Gasteiger charge is 2.32. The van der Waals surface area contributed by atoms with Crippen LogP contribution in [0.1, 0.15) is 27.7 Å². The van der Waals surface area contributed by atoms with E-state index in [0.717, 1.165) is 0 Å². The number of hydrogen-bond acceptors (Lipinski definition) is 2. The van der Waals surface area contributed by atoms with E-state index >= 15 is 0 Å². The van der Waals surface area contributed by atoms with E-state index in [-0.39, 0.29) is 0 Å². The Balaban J connectivity index is 4.26. The van der Waals surface area contributed by atoms with Crippen molar-refractivity contribution in [1.82, 2.24) is 0 Å². The lowest BCUT2D eigenvalue weighted by Gasteiger charge is -2.34. The van der Waals surface area contributed by atoms with Crippen LogP contribution < -0.4 is 0 Å². The molecule has 0 saturated carbocycles. The first-order chi connectivity index (χ1) is 6.81. The van der Waals surface area contributed by atoms with E-state index in [4.69, 9.17) is 4.43 Å². The molecule has 0 aromatic carbocycles. The quantitative estimate of drug-likeness (QED) is 0.507. The van der Waals surface area contributed by atoms with E-state index in [9.17, 15) is 0 Å². The maximum Gasteiger partial charge on any atom is 0.188 e. The van der Waals surface area contributed by atoms with E-state index in [1.54, 1.807) is 0 Å². The third-order valence-electron chi connectivity index (χ3n) is 1.96. The zero-order chi connectivity index (χ0) is 13.2. The molecule has 1 nitrogen and oxygen atoms in total. The molecule has 0 spiro atoms. The standard InChI is InChI=1S/C12H30OSSi2/c1-11(14-15(5,6)7)13-16(8,9)10-12(2,3)4/h11H,10H2,1-9H3. The van der Waals surface area contributed by atoms with Crippen molar-refractivity contribution in [2.75, 3.05) is 0 Å². The summed E-state index contributed by atoms with van der Waals surface area (Å²) in [7, 11) is -2.57. The predicted octanol–water partition coefficient (Wildman–Crippen LogP) is 5.17. The third-order valence-corrected chi connectivity index (χ3v) is 9.29. The van der Waals surface area contributed by atoms with Crippen molar-refractivity contribution >= 4 is 26.8 Å². The molecule has 0 bridgehead atoms. The monoisotopic (exact) mass is 278 g/mol. The number of rotatable bonds is 5. The summed E-state index contributed by atoms with van der Waals surface area (Å²) in [5, 5.41) is 0. The molecule has 0 aliphatic rings. The summed E-state index contributed by atoms with van der Waals surface area (Å²) in [6.45, 7) is 21.0. The van der Waals surface area contributed by atoms with Gasteiger partial charge in [0.05, 0.1) is 5.44 Å². The minimum Gasteiger partial charge on any atom is -0.406 e. The highest BCUT2D eigenvalue weighted by molar-refractivity contribution is 8.28. The minimum absolute atomic E-state index is 0.371. The summed E-state index contributed by atoms with van der Waals surface area (Å²) < 4.78 is 6.33. The molecule has 16 heavy (non-hydrogen) atoms. The fourth-order valence-electron chi connectivity index (χ4n) is 2.29. The molecule has 0 radical (unpaired) electrons. The van der Waals surface area contributed by atoms with Crippen molar-refractivity contribution in [3.8, 4) is 0 Å². The van der Waals surface area contributed by atoms with Crippen LogP contribution in [0.2, 0.25) is 38.8 Å². The van der Waals surface area contributed by atoms with Gasteiger partial charge in [-0.1, -0.05) is 40.4 Å². The zero-order valence-electron chi connectivity index (χ0n) is 12.6. The lowest BCUT2D eigenvalue weighted by atomic mass is 10.0. The second-order valence-electron chi connectivity index (χ2n) is 7.41. The van der Waals surface area contributed by atoms with E-state index in [2.05, 4.69) is 71.6 Å². The van der Waals surface area contributed by atoms with Gasteiger partial charge in [-0.3, -0.25) is 0 Å². The molecular formula is C12H30OSSi2. The van der Waals surface area contributed by atoms with Crippen molar-refractivity contribution in [2.24, 2.45) is 5.41 Å². The molecule has 0 amide bonds. The van der Waals surface area contributed by atoms with Crippen LogP contribution in [0.5, 0.6) is 0 Å². The van der Waals surface area contributed by atoms with Crippen molar-refractivity contribution < 1.29 is 4.43 Å². The van der Waals surface area contributed by atoms with Crippen molar-refractivity contribution in [1.29, 1.82) is 0 Å². The molecule has 0 aliphatic heterocycles. The largest absolute Gasteiger partial charge is 0.406 e. The summed E-state index contributed by atoms with van der Waals surface area (Å²) in [5.41, 5.74) is 0.759. The molecule has 0 aromatic rings. The highest BCUT2D eigenvalue weighted by Crippen LogP contribution is 2.33. The average molecular weight is 279 g/mol. The smallest absolute Gasteiger partial charge is 0.188 e. The van der Waals surface area contributed by atoms with E-state index in [1.807, 2.05) is 0 Å². The van der Waals surface area contributed by atoms with Crippen LogP contribution in [0.25, 0.3) is 0 Å². The lowest BCUT2D eigenvalue weighted by molar-refractivity contribution is 0.283. The molecular weight excluding hydrogens is 248 g/mol. The first kappa shape index (κ1) is 16.7. The maximum absolute atomic E-state index is 6.33. The molecule has 0 aromatic heterocycles. The maximum atomic E-state index is 6.33. The molecule has 1 unspecified atom stereocenters. The molecule has 0 rings (SSSR count). The third kappa shape index (κ3) is 9.93. The molecule has 0 aliphatic carbocycles. The SMILES string of the molecule is CC(O[Si](C)(C)CC(C)(C)C)S[Si](C)(C)C. The van der Waals surface area contributed by atoms with Gasteiger partial charge in [0.25, 0.3) is 0 Å². The van der Waals surface area contributed by atoms with Gasteiger partial charge in [0.1, 0.15) is 7.22 Å². The van der Waals surface area contributed by atoms with Gasteiger partial charge in [0.2, 0.25) is 0 Å². The summed E-state index contributed by atoms with van der Waals surface area (Å²) in [4.78, 5) is 0. The highest BCUT2D eigenvalue weighted by atomic mass is 32.4. The Morgan fingerprint density at radius 2 is 1.50 bits per heavy atom.